The van der Waals surface area contributed by atoms with Crippen molar-refractivity contribution in [2.45, 2.75) is 25.7 Å². The van der Waals surface area contributed by atoms with Crippen LogP contribution in [0.1, 0.15) is 40.4 Å². The van der Waals surface area contributed by atoms with E-state index in [0.717, 1.165) is 24.1 Å². The summed E-state index contributed by atoms with van der Waals surface area (Å²) < 4.78 is 5.18. The maximum Gasteiger partial charge on any atom is 0.336 e. The predicted octanol–water partition coefficient (Wildman–Crippen LogP) is 3.13. The zero-order valence-corrected chi connectivity index (χ0v) is 10.9. The van der Waals surface area contributed by atoms with Crippen LogP contribution in [0.4, 0.5) is 0 Å². The first-order valence-electron chi connectivity index (χ1n) is 6.33. The SMILES string of the molecule is COc1ccc2c(C(=O)O)c(C)c(C3CC3)nc2c1. The Hall–Kier alpha value is -2.10. The van der Waals surface area contributed by atoms with Gasteiger partial charge in [0.05, 0.1) is 18.2 Å². The number of benzene rings is 1. The van der Waals surface area contributed by atoms with E-state index in [-0.39, 0.29) is 0 Å². The van der Waals surface area contributed by atoms with Gasteiger partial charge >= 0.3 is 5.97 Å². The lowest BCUT2D eigenvalue weighted by Crippen LogP contribution is -2.06. The Bertz CT molecular complexity index is 675. The molecule has 2 aromatic rings. The molecule has 0 atom stereocenters. The van der Waals surface area contributed by atoms with Crippen LogP contribution in [0.2, 0.25) is 0 Å². The molecule has 1 saturated carbocycles. The van der Waals surface area contributed by atoms with Crippen LogP contribution < -0.4 is 4.74 Å². The Morgan fingerprint density at radius 3 is 2.74 bits per heavy atom. The zero-order chi connectivity index (χ0) is 13.6. The molecule has 3 rings (SSSR count). The highest BCUT2D eigenvalue weighted by atomic mass is 16.5. The Morgan fingerprint density at radius 1 is 1.42 bits per heavy atom. The second kappa shape index (κ2) is 4.23. The number of ether oxygens (including phenoxy) is 1. The molecule has 1 N–H and O–H groups in total. The molecule has 0 amide bonds. The molecule has 19 heavy (non-hydrogen) atoms. The van der Waals surface area contributed by atoms with Gasteiger partial charge in [0, 0.05) is 23.1 Å². The number of carboxylic acids is 1. The van der Waals surface area contributed by atoms with Crippen LogP contribution >= 0.6 is 0 Å². The summed E-state index contributed by atoms with van der Waals surface area (Å²) in [5, 5.41) is 10.1. The van der Waals surface area contributed by atoms with Gasteiger partial charge in [0.1, 0.15) is 5.75 Å². The molecule has 1 aliphatic rings. The highest BCUT2D eigenvalue weighted by Gasteiger charge is 2.29. The summed E-state index contributed by atoms with van der Waals surface area (Å²) in [5.74, 6) is 0.229. The Balaban J connectivity index is 2.34. The van der Waals surface area contributed by atoms with Gasteiger partial charge < -0.3 is 9.84 Å². The molecule has 0 radical (unpaired) electrons. The summed E-state index contributed by atoms with van der Waals surface area (Å²) in [6.07, 6.45) is 2.20. The van der Waals surface area contributed by atoms with E-state index >= 15 is 0 Å². The van der Waals surface area contributed by atoms with Crippen molar-refractivity contribution in [2.75, 3.05) is 7.11 Å². The van der Waals surface area contributed by atoms with Crippen LogP contribution in [0.5, 0.6) is 5.75 Å². The number of aromatic nitrogens is 1. The van der Waals surface area contributed by atoms with E-state index in [1.807, 2.05) is 6.92 Å². The number of methoxy groups -OCH3 is 1. The first-order chi connectivity index (χ1) is 9.11. The Kier molecular flexibility index (Phi) is 2.66. The van der Waals surface area contributed by atoms with Gasteiger partial charge in [0.15, 0.2) is 0 Å². The third-order valence-electron chi connectivity index (χ3n) is 3.65. The minimum atomic E-state index is -0.892. The lowest BCUT2D eigenvalue weighted by Gasteiger charge is -2.12. The molecular formula is C15H15NO3. The van der Waals surface area contributed by atoms with E-state index in [9.17, 15) is 9.90 Å². The molecule has 0 unspecified atom stereocenters. The van der Waals surface area contributed by atoms with Crippen molar-refractivity contribution in [3.05, 3.63) is 35.0 Å². The molecule has 1 aromatic carbocycles. The number of aromatic carboxylic acids is 1. The fourth-order valence-electron chi connectivity index (χ4n) is 2.52. The van der Waals surface area contributed by atoms with Crippen LogP contribution in [-0.2, 0) is 0 Å². The van der Waals surface area contributed by atoms with E-state index in [4.69, 9.17) is 4.74 Å². The fraction of sp³-hybridized carbons (Fsp3) is 0.333. The standard InChI is InChI=1S/C15H15NO3/c1-8-13(15(17)18)11-6-5-10(19-2)7-12(11)16-14(8)9-3-4-9/h5-7,9H,3-4H2,1-2H3,(H,17,18). The van der Waals surface area contributed by atoms with Crippen LogP contribution in [0.3, 0.4) is 0 Å². The van der Waals surface area contributed by atoms with Crippen molar-refractivity contribution >= 4 is 16.9 Å². The lowest BCUT2D eigenvalue weighted by atomic mass is 9.99. The van der Waals surface area contributed by atoms with Gasteiger partial charge in [0.2, 0.25) is 0 Å². The van der Waals surface area contributed by atoms with Crippen molar-refractivity contribution in [2.24, 2.45) is 0 Å². The molecule has 0 bridgehead atoms. The van der Waals surface area contributed by atoms with Crippen LogP contribution in [0.25, 0.3) is 10.9 Å². The average molecular weight is 257 g/mol. The molecular weight excluding hydrogens is 242 g/mol. The second-order valence-corrected chi connectivity index (χ2v) is 4.96. The number of carbonyl (C=O) groups is 1. The van der Waals surface area contributed by atoms with E-state index in [1.165, 1.54) is 0 Å². The van der Waals surface area contributed by atoms with Crippen molar-refractivity contribution in [3.63, 3.8) is 0 Å². The van der Waals surface area contributed by atoms with Gasteiger partial charge in [-0.1, -0.05) is 0 Å². The Labute approximate surface area is 111 Å². The minimum Gasteiger partial charge on any atom is -0.497 e. The largest absolute Gasteiger partial charge is 0.497 e. The fourth-order valence-corrected chi connectivity index (χ4v) is 2.52. The number of fused-ring (bicyclic) bond motifs is 1. The highest BCUT2D eigenvalue weighted by Crippen LogP contribution is 2.42. The summed E-state index contributed by atoms with van der Waals surface area (Å²) in [6.45, 7) is 1.85. The number of hydrogen-bond donors (Lipinski definition) is 1. The summed E-state index contributed by atoms with van der Waals surface area (Å²) in [5.41, 5.74) is 2.80. The highest BCUT2D eigenvalue weighted by molar-refractivity contribution is 6.04. The molecule has 4 nitrogen and oxygen atoms in total. The van der Waals surface area contributed by atoms with Crippen molar-refractivity contribution in [1.29, 1.82) is 0 Å². The minimum absolute atomic E-state index is 0.370. The summed E-state index contributed by atoms with van der Waals surface area (Å²) >= 11 is 0. The quantitative estimate of drug-likeness (QED) is 0.917. The Morgan fingerprint density at radius 2 is 2.16 bits per heavy atom. The summed E-state index contributed by atoms with van der Waals surface area (Å²) in [4.78, 5) is 16.2. The van der Waals surface area contributed by atoms with Gasteiger partial charge in [-0.05, 0) is 37.5 Å². The smallest absolute Gasteiger partial charge is 0.336 e. The molecule has 4 heteroatoms. The molecule has 98 valence electrons. The maximum absolute atomic E-state index is 11.5. The summed E-state index contributed by atoms with van der Waals surface area (Å²) in [7, 11) is 1.59. The van der Waals surface area contributed by atoms with Gasteiger partial charge in [-0.3, -0.25) is 4.98 Å². The second-order valence-electron chi connectivity index (χ2n) is 4.96. The van der Waals surface area contributed by atoms with Crippen molar-refractivity contribution in [1.82, 2.24) is 4.98 Å². The first kappa shape index (κ1) is 12.0. The predicted molar refractivity (Wildman–Crippen MR) is 72.0 cm³/mol. The van der Waals surface area contributed by atoms with E-state index in [1.54, 1.807) is 25.3 Å². The average Bonchev–Trinajstić information content (AvgIpc) is 3.21. The molecule has 0 spiro atoms. The molecule has 1 fully saturated rings. The number of rotatable bonds is 3. The number of hydrogen-bond acceptors (Lipinski definition) is 3. The van der Waals surface area contributed by atoms with E-state index in [2.05, 4.69) is 4.98 Å². The number of nitrogens with zero attached hydrogens (tertiary/aromatic N) is 1. The monoisotopic (exact) mass is 257 g/mol. The maximum atomic E-state index is 11.5. The first-order valence-corrected chi connectivity index (χ1v) is 6.33. The normalized spacial score (nSPS) is 14.6. The van der Waals surface area contributed by atoms with Crippen molar-refractivity contribution < 1.29 is 14.6 Å². The van der Waals surface area contributed by atoms with E-state index in [0.29, 0.717) is 28.1 Å². The molecule has 0 aliphatic heterocycles. The van der Waals surface area contributed by atoms with Gasteiger partial charge in [-0.25, -0.2) is 4.79 Å². The van der Waals surface area contributed by atoms with Gasteiger partial charge in [0.25, 0.3) is 0 Å². The molecule has 1 aliphatic carbocycles. The number of carboxylic acid groups (broad SMARTS) is 1. The molecule has 1 aromatic heterocycles. The lowest BCUT2D eigenvalue weighted by molar-refractivity contribution is 0.0698. The summed E-state index contributed by atoms with van der Waals surface area (Å²) in [6, 6.07) is 5.34. The zero-order valence-electron chi connectivity index (χ0n) is 10.9. The van der Waals surface area contributed by atoms with Crippen LogP contribution in [-0.4, -0.2) is 23.2 Å². The third kappa shape index (κ3) is 1.93. The topological polar surface area (TPSA) is 59.4 Å². The van der Waals surface area contributed by atoms with Crippen molar-refractivity contribution in [3.8, 4) is 5.75 Å². The van der Waals surface area contributed by atoms with Crippen LogP contribution in [0, 0.1) is 6.92 Å². The molecule has 1 heterocycles. The number of pyridine rings is 1. The molecule has 0 saturated heterocycles. The van der Waals surface area contributed by atoms with Gasteiger partial charge in [-0.15, -0.1) is 0 Å². The van der Waals surface area contributed by atoms with Gasteiger partial charge in [-0.2, -0.15) is 0 Å². The third-order valence-corrected chi connectivity index (χ3v) is 3.65. The van der Waals surface area contributed by atoms with Crippen LogP contribution in [0.15, 0.2) is 18.2 Å². The van der Waals surface area contributed by atoms with E-state index < -0.39 is 5.97 Å².